The Kier molecular flexibility index (Phi) is 7.61. The number of alkyl halides is 3. The third-order valence-electron chi connectivity index (χ3n) is 3.45. The molecule has 0 bridgehead atoms. The number of hydrogen-bond acceptors (Lipinski definition) is 3. The highest BCUT2D eigenvalue weighted by Crippen LogP contribution is 2.28. The number of aromatic nitrogens is 1. The highest BCUT2D eigenvalue weighted by molar-refractivity contribution is 5.92. The maximum Gasteiger partial charge on any atom is 0.417 e. The van der Waals surface area contributed by atoms with Gasteiger partial charge in [0.05, 0.1) is 5.56 Å². The third kappa shape index (κ3) is 5.30. The van der Waals surface area contributed by atoms with E-state index in [0.717, 1.165) is 38.1 Å². The first-order valence-corrected chi connectivity index (χ1v) is 6.37. The van der Waals surface area contributed by atoms with E-state index >= 15 is 0 Å². The second-order valence-electron chi connectivity index (χ2n) is 5.19. The van der Waals surface area contributed by atoms with Crippen molar-refractivity contribution in [2.75, 3.05) is 13.1 Å². The van der Waals surface area contributed by atoms with Gasteiger partial charge in [0.1, 0.15) is 5.69 Å². The summed E-state index contributed by atoms with van der Waals surface area (Å²) in [6, 6.07) is 1.97. The van der Waals surface area contributed by atoms with E-state index in [0.29, 0.717) is 6.20 Å². The Labute approximate surface area is 139 Å². The minimum absolute atomic E-state index is 0. The molecular weight excluding hydrogens is 342 g/mol. The average molecular weight is 360 g/mol. The van der Waals surface area contributed by atoms with E-state index in [4.69, 9.17) is 0 Å². The maximum atomic E-state index is 12.4. The number of halogens is 5. The maximum absolute atomic E-state index is 12.4. The summed E-state index contributed by atoms with van der Waals surface area (Å²) >= 11 is 0. The van der Waals surface area contributed by atoms with Crippen molar-refractivity contribution in [2.45, 2.75) is 31.5 Å². The monoisotopic (exact) mass is 359 g/mol. The predicted octanol–water partition coefficient (Wildman–Crippen LogP) is 2.82. The van der Waals surface area contributed by atoms with E-state index in [2.05, 4.69) is 15.6 Å². The number of nitrogens with zero attached hydrogens (tertiary/aromatic N) is 1. The number of pyridine rings is 1. The fourth-order valence-electron chi connectivity index (χ4n) is 2.14. The molecule has 1 saturated heterocycles. The summed E-state index contributed by atoms with van der Waals surface area (Å²) in [5, 5.41) is 6.03. The SMILES string of the molecule is CC1(NC(=O)c2ccc(C(F)(F)F)cn2)CCNCC1.Cl.Cl. The first kappa shape index (κ1) is 20.9. The van der Waals surface area contributed by atoms with Gasteiger partial charge in [0.25, 0.3) is 5.91 Å². The lowest BCUT2D eigenvalue weighted by molar-refractivity contribution is -0.137. The summed E-state index contributed by atoms with van der Waals surface area (Å²) < 4.78 is 37.2. The Hall–Kier alpha value is -1.05. The van der Waals surface area contributed by atoms with Gasteiger partial charge in [0.15, 0.2) is 0 Å². The lowest BCUT2D eigenvalue weighted by Gasteiger charge is -2.34. The molecule has 0 spiro atoms. The zero-order chi connectivity index (χ0) is 14.8. The summed E-state index contributed by atoms with van der Waals surface area (Å²) in [5.41, 5.74) is -1.20. The topological polar surface area (TPSA) is 54.0 Å². The molecule has 1 aromatic rings. The van der Waals surface area contributed by atoms with Crippen LogP contribution < -0.4 is 10.6 Å². The Morgan fingerprint density at radius 3 is 2.32 bits per heavy atom. The van der Waals surface area contributed by atoms with Crippen LogP contribution >= 0.6 is 24.8 Å². The molecular formula is C13H18Cl2F3N3O. The number of amides is 1. The molecule has 0 aliphatic carbocycles. The molecule has 1 amide bonds. The quantitative estimate of drug-likeness (QED) is 0.853. The van der Waals surface area contributed by atoms with Crippen molar-refractivity contribution >= 4 is 30.7 Å². The third-order valence-corrected chi connectivity index (χ3v) is 3.45. The Morgan fingerprint density at radius 2 is 1.86 bits per heavy atom. The lowest BCUT2D eigenvalue weighted by Crippen LogP contribution is -2.52. The Bertz CT molecular complexity index is 488. The first-order valence-electron chi connectivity index (χ1n) is 6.37. The highest BCUT2D eigenvalue weighted by Gasteiger charge is 2.32. The fraction of sp³-hybridized carbons (Fsp3) is 0.538. The van der Waals surface area contributed by atoms with Crippen molar-refractivity contribution in [3.63, 3.8) is 0 Å². The molecule has 1 aliphatic heterocycles. The first-order chi connectivity index (χ1) is 9.30. The largest absolute Gasteiger partial charge is 0.417 e. The van der Waals surface area contributed by atoms with E-state index in [1.807, 2.05) is 6.92 Å². The molecule has 1 fully saturated rings. The van der Waals surface area contributed by atoms with Crippen LogP contribution in [0, 0.1) is 0 Å². The predicted molar refractivity (Wildman–Crippen MR) is 81.7 cm³/mol. The van der Waals surface area contributed by atoms with E-state index in [1.54, 1.807) is 0 Å². The van der Waals surface area contributed by atoms with Crippen LogP contribution in [0.3, 0.4) is 0 Å². The van der Waals surface area contributed by atoms with Crippen LogP contribution in [-0.4, -0.2) is 29.5 Å². The molecule has 4 nitrogen and oxygen atoms in total. The second-order valence-corrected chi connectivity index (χ2v) is 5.19. The summed E-state index contributed by atoms with van der Waals surface area (Å²) in [5.74, 6) is -0.442. The number of nitrogens with one attached hydrogen (secondary N) is 2. The van der Waals surface area contributed by atoms with Gasteiger partial charge in [-0.2, -0.15) is 13.2 Å². The highest BCUT2D eigenvalue weighted by atomic mass is 35.5. The van der Waals surface area contributed by atoms with Crippen molar-refractivity contribution in [1.29, 1.82) is 0 Å². The second kappa shape index (κ2) is 7.99. The minimum Gasteiger partial charge on any atom is -0.345 e. The van der Waals surface area contributed by atoms with Crippen LogP contribution in [0.1, 0.15) is 35.8 Å². The summed E-state index contributed by atoms with van der Waals surface area (Å²) in [6.07, 6.45) is -2.21. The number of rotatable bonds is 2. The number of hydrogen-bond donors (Lipinski definition) is 2. The van der Waals surface area contributed by atoms with Crippen molar-refractivity contribution in [3.05, 3.63) is 29.6 Å². The molecule has 1 aliphatic rings. The van der Waals surface area contributed by atoms with Crippen molar-refractivity contribution in [2.24, 2.45) is 0 Å². The minimum atomic E-state index is -4.44. The number of piperidine rings is 1. The molecule has 126 valence electrons. The molecule has 2 rings (SSSR count). The van der Waals surface area contributed by atoms with Gasteiger partial charge in [0.2, 0.25) is 0 Å². The Morgan fingerprint density at radius 1 is 1.27 bits per heavy atom. The summed E-state index contributed by atoms with van der Waals surface area (Å²) in [6.45, 7) is 3.53. The van der Waals surface area contributed by atoms with Gasteiger partial charge < -0.3 is 10.6 Å². The molecule has 22 heavy (non-hydrogen) atoms. The van der Waals surface area contributed by atoms with Crippen LogP contribution in [0.4, 0.5) is 13.2 Å². The van der Waals surface area contributed by atoms with Crippen molar-refractivity contribution in [1.82, 2.24) is 15.6 Å². The van der Waals surface area contributed by atoms with Gasteiger partial charge in [-0.1, -0.05) is 0 Å². The summed E-state index contributed by atoms with van der Waals surface area (Å²) in [7, 11) is 0. The van der Waals surface area contributed by atoms with Crippen molar-refractivity contribution in [3.8, 4) is 0 Å². The molecule has 2 N–H and O–H groups in total. The zero-order valence-corrected chi connectivity index (χ0v) is 13.5. The van der Waals surface area contributed by atoms with E-state index in [1.165, 1.54) is 0 Å². The molecule has 0 saturated carbocycles. The number of carbonyl (C=O) groups is 1. The lowest BCUT2D eigenvalue weighted by atomic mass is 9.90. The molecule has 0 atom stereocenters. The van der Waals surface area contributed by atoms with Crippen LogP contribution in [0.2, 0.25) is 0 Å². The average Bonchev–Trinajstić information content (AvgIpc) is 2.38. The molecule has 0 aromatic carbocycles. The zero-order valence-electron chi connectivity index (χ0n) is 11.9. The van der Waals surface area contributed by atoms with Gasteiger partial charge in [-0.15, -0.1) is 24.8 Å². The van der Waals surface area contributed by atoms with Gasteiger partial charge in [-0.3, -0.25) is 9.78 Å². The van der Waals surface area contributed by atoms with Crippen LogP contribution in [0.5, 0.6) is 0 Å². The number of carbonyl (C=O) groups excluding carboxylic acids is 1. The molecule has 9 heteroatoms. The standard InChI is InChI=1S/C13H16F3N3O.2ClH/c1-12(4-6-17-7-5-12)19-11(20)10-3-2-9(8-18-10)13(14,15)16;;/h2-3,8,17H,4-7H2,1H3,(H,19,20);2*1H. The smallest absolute Gasteiger partial charge is 0.345 e. The summed E-state index contributed by atoms with van der Waals surface area (Å²) in [4.78, 5) is 15.6. The van der Waals surface area contributed by atoms with Gasteiger partial charge in [0, 0.05) is 11.7 Å². The van der Waals surface area contributed by atoms with Gasteiger partial charge in [-0.25, -0.2) is 0 Å². The van der Waals surface area contributed by atoms with Gasteiger partial charge in [-0.05, 0) is 45.0 Å². The molecule has 1 aromatic heterocycles. The molecule has 0 radical (unpaired) electrons. The van der Waals surface area contributed by atoms with Crippen LogP contribution in [-0.2, 0) is 6.18 Å². The van der Waals surface area contributed by atoms with E-state index < -0.39 is 17.6 Å². The van der Waals surface area contributed by atoms with Crippen molar-refractivity contribution < 1.29 is 18.0 Å². The molecule has 0 unspecified atom stereocenters. The fourth-order valence-corrected chi connectivity index (χ4v) is 2.14. The molecule has 2 heterocycles. The van der Waals surface area contributed by atoms with Crippen LogP contribution in [0.15, 0.2) is 18.3 Å². The van der Waals surface area contributed by atoms with E-state index in [9.17, 15) is 18.0 Å². The van der Waals surface area contributed by atoms with E-state index in [-0.39, 0.29) is 36.0 Å². The Balaban J connectivity index is 0.00000220. The van der Waals surface area contributed by atoms with Crippen LogP contribution in [0.25, 0.3) is 0 Å². The van der Waals surface area contributed by atoms with Gasteiger partial charge >= 0.3 is 6.18 Å². The normalized spacial score (nSPS) is 16.9.